The van der Waals surface area contributed by atoms with E-state index in [9.17, 15) is 0 Å². The van der Waals surface area contributed by atoms with Crippen LogP contribution in [0.15, 0.2) is 34.9 Å². The van der Waals surface area contributed by atoms with Gasteiger partial charge in [0.15, 0.2) is 0 Å². The third kappa shape index (κ3) is 1.50. The van der Waals surface area contributed by atoms with Crippen molar-refractivity contribution in [2.45, 2.75) is 6.92 Å². The summed E-state index contributed by atoms with van der Waals surface area (Å²) in [6, 6.07) is 11.4. The van der Waals surface area contributed by atoms with Crippen molar-refractivity contribution >= 4 is 0 Å². The molecule has 0 radical (unpaired) electrons. The topological polar surface area (TPSA) is 49.8 Å². The first-order valence-corrected chi connectivity index (χ1v) is 4.23. The summed E-state index contributed by atoms with van der Waals surface area (Å²) >= 11 is 0. The minimum absolute atomic E-state index is 0.237. The first-order chi connectivity index (χ1) is 6.79. The largest absolute Gasteiger partial charge is 0.345 e. The van der Waals surface area contributed by atoms with Gasteiger partial charge in [-0.3, -0.25) is 0 Å². The van der Waals surface area contributed by atoms with Crippen LogP contribution < -0.4 is 0 Å². The molecule has 0 bridgehead atoms. The van der Waals surface area contributed by atoms with Crippen molar-refractivity contribution in [2.24, 2.45) is 0 Å². The molecule has 0 N–H and O–H groups in total. The normalized spacial score (nSPS) is 9.71. The fourth-order valence-corrected chi connectivity index (χ4v) is 1.19. The molecule has 1 heterocycles. The summed E-state index contributed by atoms with van der Waals surface area (Å²) in [6.45, 7) is 2.02. The van der Waals surface area contributed by atoms with E-state index in [-0.39, 0.29) is 5.76 Å². The van der Waals surface area contributed by atoms with Crippen LogP contribution in [0, 0.1) is 18.3 Å². The molecule has 1 aromatic heterocycles. The summed E-state index contributed by atoms with van der Waals surface area (Å²) < 4.78 is 4.79. The van der Waals surface area contributed by atoms with Crippen molar-refractivity contribution in [3.63, 3.8) is 0 Å². The summed E-state index contributed by atoms with van der Waals surface area (Å²) in [4.78, 5) is 0. The van der Waals surface area contributed by atoms with Gasteiger partial charge in [-0.1, -0.05) is 35.0 Å². The molecule has 0 saturated carbocycles. The number of hydrogen-bond donors (Lipinski definition) is 0. The van der Waals surface area contributed by atoms with E-state index < -0.39 is 0 Å². The van der Waals surface area contributed by atoms with Crippen LogP contribution in [0.4, 0.5) is 0 Å². The molecule has 1 aromatic carbocycles. The molecule has 2 rings (SSSR count). The third-order valence-corrected chi connectivity index (χ3v) is 1.97. The maximum Gasteiger partial charge on any atom is 0.236 e. The summed E-state index contributed by atoms with van der Waals surface area (Å²) in [7, 11) is 0. The summed E-state index contributed by atoms with van der Waals surface area (Å²) in [5.41, 5.74) is 2.85. The number of nitrogens with zero attached hydrogens (tertiary/aromatic N) is 2. The highest BCUT2D eigenvalue weighted by Crippen LogP contribution is 2.18. The van der Waals surface area contributed by atoms with Crippen molar-refractivity contribution in [1.29, 1.82) is 5.26 Å². The molecule has 0 spiro atoms. The minimum atomic E-state index is 0.237. The van der Waals surface area contributed by atoms with Crippen LogP contribution in [0.3, 0.4) is 0 Å². The van der Waals surface area contributed by atoms with Gasteiger partial charge in [0.2, 0.25) is 5.76 Å². The molecule has 14 heavy (non-hydrogen) atoms. The van der Waals surface area contributed by atoms with E-state index in [1.54, 1.807) is 6.07 Å². The maximum atomic E-state index is 8.56. The molecule has 0 atom stereocenters. The van der Waals surface area contributed by atoms with Gasteiger partial charge in [0.25, 0.3) is 0 Å². The van der Waals surface area contributed by atoms with Gasteiger partial charge in [0.1, 0.15) is 11.8 Å². The van der Waals surface area contributed by atoms with Crippen LogP contribution in [0.5, 0.6) is 0 Å². The molecule has 68 valence electrons. The van der Waals surface area contributed by atoms with Gasteiger partial charge in [0, 0.05) is 11.6 Å². The molecule has 0 aliphatic carbocycles. The highest BCUT2D eigenvalue weighted by Gasteiger charge is 2.04. The summed E-state index contributed by atoms with van der Waals surface area (Å²) in [6.07, 6.45) is 0. The summed E-state index contributed by atoms with van der Waals surface area (Å²) in [5.74, 6) is 0.237. The zero-order chi connectivity index (χ0) is 9.97. The Balaban J connectivity index is 2.40. The molecule has 0 amide bonds. The van der Waals surface area contributed by atoms with Crippen molar-refractivity contribution in [3.05, 3.63) is 41.7 Å². The second kappa shape index (κ2) is 3.35. The fourth-order valence-electron chi connectivity index (χ4n) is 1.19. The van der Waals surface area contributed by atoms with Gasteiger partial charge >= 0.3 is 0 Å². The van der Waals surface area contributed by atoms with Gasteiger partial charge in [0.05, 0.1) is 0 Å². The summed E-state index contributed by atoms with van der Waals surface area (Å²) in [5, 5.41) is 12.3. The Bertz CT molecular complexity index is 477. The number of aryl methyl sites for hydroxylation is 1. The third-order valence-electron chi connectivity index (χ3n) is 1.97. The molecule has 0 aliphatic heterocycles. The Hall–Kier alpha value is -2.08. The van der Waals surface area contributed by atoms with E-state index in [1.165, 1.54) is 5.56 Å². The lowest BCUT2D eigenvalue weighted by molar-refractivity contribution is 0.412. The van der Waals surface area contributed by atoms with Crippen LogP contribution in [0.2, 0.25) is 0 Å². The lowest BCUT2D eigenvalue weighted by Gasteiger charge is -1.94. The average Bonchev–Trinajstić information content (AvgIpc) is 2.67. The SMILES string of the molecule is Cc1ccc(-c2cc(C#N)on2)cc1. The highest BCUT2D eigenvalue weighted by atomic mass is 16.5. The number of nitriles is 1. The van der Waals surface area contributed by atoms with E-state index in [4.69, 9.17) is 9.78 Å². The molecule has 3 nitrogen and oxygen atoms in total. The number of benzene rings is 1. The van der Waals surface area contributed by atoms with Crippen LogP contribution in [0.1, 0.15) is 11.3 Å². The van der Waals surface area contributed by atoms with Crippen molar-refractivity contribution in [2.75, 3.05) is 0 Å². The lowest BCUT2D eigenvalue weighted by atomic mass is 10.1. The van der Waals surface area contributed by atoms with Gasteiger partial charge in [-0.15, -0.1) is 0 Å². The Morgan fingerprint density at radius 1 is 1.29 bits per heavy atom. The Labute approximate surface area is 81.6 Å². The molecule has 0 unspecified atom stereocenters. The van der Waals surface area contributed by atoms with Crippen molar-refractivity contribution in [3.8, 4) is 17.3 Å². The molecule has 0 saturated heterocycles. The number of hydrogen-bond acceptors (Lipinski definition) is 3. The second-order valence-corrected chi connectivity index (χ2v) is 3.05. The maximum absolute atomic E-state index is 8.56. The van der Waals surface area contributed by atoms with E-state index in [1.807, 2.05) is 37.3 Å². The first-order valence-electron chi connectivity index (χ1n) is 4.23. The predicted molar refractivity (Wildman–Crippen MR) is 51.4 cm³/mol. The van der Waals surface area contributed by atoms with Gasteiger partial charge in [-0.25, -0.2) is 0 Å². The Morgan fingerprint density at radius 3 is 2.57 bits per heavy atom. The molecule has 3 heteroatoms. The number of aromatic nitrogens is 1. The van der Waals surface area contributed by atoms with E-state index >= 15 is 0 Å². The van der Waals surface area contributed by atoms with E-state index in [0.29, 0.717) is 5.69 Å². The van der Waals surface area contributed by atoms with Crippen molar-refractivity contribution in [1.82, 2.24) is 5.16 Å². The smallest absolute Gasteiger partial charge is 0.236 e. The van der Waals surface area contributed by atoms with Gasteiger partial charge in [-0.05, 0) is 6.92 Å². The average molecular weight is 184 g/mol. The second-order valence-electron chi connectivity index (χ2n) is 3.05. The van der Waals surface area contributed by atoms with Gasteiger partial charge in [-0.2, -0.15) is 5.26 Å². The molecular formula is C11H8N2O. The Kier molecular flexibility index (Phi) is 2.04. The van der Waals surface area contributed by atoms with Crippen LogP contribution in [-0.2, 0) is 0 Å². The van der Waals surface area contributed by atoms with Crippen molar-refractivity contribution < 1.29 is 4.52 Å². The zero-order valence-corrected chi connectivity index (χ0v) is 7.69. The quantitative estimate of drug-likeness (QED) is 0.684. The molecular weight excluding hydrogens is 176 g/mol. The predicted octanol–water partition coefficient (Wildman–Crippen LogP) is 2.52. The lowest BCUT2D eigenvalue weighted by Crippen LogP contribution is -1.76. The molecule has 0 aliphatic rings. The molecule has 0 fully saturated rings. The van der Waals surface area contributed by atoms with E-state index in [2.05, 4.69) is 5.16 Å². The van der Waals surface area contributed by atoms with Crippen LogP contribution >= 0.6 is 0 Å². The molecule has 2 aromatic rings. The Morgan fingerprint density at radius 2 is 2.00 bits per heavy atom. The highest BCUT2D eigenvalue weighted by molar-refractivity contribution is 5.59. The monoisotopic (exact) mass is 184 g/mol. The van der Waals surface area contributed by atoms with E-state index in [0.717, 1.165) is 5.56 Å². The fraction of sp³-hybridized carbons (Fsp3) is 0.0909. The zero-order valence-electron chi connectivity index (χ0n) is 7.69. The number of rotatable bonds is 1. The van der Waals surface area contributed by atoms with Gasteiger partial charge < -0.3 is 4.52 Å². The van der Waals surface area contributed by atoms with Crippen LogP contribution in [0.25, 0.3) is 11.3 Å². The standard InChI is InChI=1S/C11H8N2O/c1-8-2-4-9(5-3-8)11-6-10(7-12)14-13-11/h2-6H,1H3. The van der Waals surface area contributed by atoms with Crippen LogP contribution in [-0.4, -0.2) is 5.16 Å². The first kappa shape index (κ1) is 8.52. The minimum Gasteiger partial charge on any atom is -0.345 e.